The van der Waals surface area contributed by atoms with E-state index in [-0.39, 0.29) is 12.4 Å². The fraction of sp³-hybridized carbons (Fsp3) is 0.286. The maximum absolute atomic E-state index is 13.0. The first-order valence-electron chi connectivity index (χ1n) is 6.39. The van der Waals surface area contributed by atoms with E-state index >= 15 is 0 Å². The number of carbonyl (C=O) groups excluding carboxylic acids is 1. The SMILES string of the molecule is Cc1cnn(-c2ccc(C(=O)NCC(F)(F)CN)cc2)c1.Cl. The lowest BCUT2D eigenvalue weighted by Gasteiger charge is -2.14. The highest BCUT2D eigenvalue weighted by Crippen LogP contribution is 2.12. The van der Waals surface area contributed by atoms with Crippen molar-refractivity contribution in [3.05, 3.63) is 47.8 Å². The number of amides is 1. The average Bonchev–Trinajstić information content (AvgIpc) is 2.92. The van der Waals surface area contributed by atoms with E-state index in [4.69, 9.17) is 5.73 Å². The number of halogens is 3. The summed E-state index contributed by atoms with van der Waals surface area (Å²) in [6.45, 7) is 0.343. The smallest absolute Gasteiger partial charge is 0.277 e. The number of alkyl halides is 2. The van der Waals surface area contributed by atoms with Gasteiger partial charge in [-0.05, 0) is 36.8 Å². The Balaban J connectivity index is 0.00000242. The Kier molecular flexibility index (Phi) is 6.01. The van der Waals surface area contributed by atoms with Gasteiger partial charge in [0.25, 0.3) is 11.8 Å². The second kappa shape index (κ2) is 7.33. The van der Waals surface area contributed by atoms with Crippen molar-refractivity contribution in [1.29, 1.82) is 0 Å². The van der Waals surface area contributed by atoms with Crippen LogP contribution >= 0.6 is 12.4 Å². The van der Waals surface area contributed by atoms with Crippen molar-refractivity contribution in [2.75, 3.05) is 13.1 Å². The molecule has 0 aliphatic carbocycles. The predicted molar refractivity (Wildman–Crippen MR) is 81.9 cm³/mol. The Hall–Kier alpha value is -1.99. The van der Waals surface area contributed by atoms with E-state index in [0.29, 0.717) is 5.56 Å². The molecule has 120 valence electrons. The molecule has 1 aromatic heterocycles. The number of hydrogen-bond donors (Lipinski definition) is 2. The fourth-order valence-corrected chi connectivity index (χ4v) is 1.70. The summed E-state index contributed by atoms with van der Waals surface area (Å²) in [5.41, 5.74) is 7.01. The van der Waals surface area contributed by atoms with Crippen LogP contribution in [-0.4, -0.2) is 34.7 Å². The van der Waals surface area contributed by atoms with E-state index in [9.17, 15) is 13.6 Å². The molecular formula is C14H17ClF2N4O. The van der Waals surface area contributed by atoms with Crippen LogP contribution in [0.25, 0.3) is 5.69 Å². The lowest BCUT2D eigenvalue weighted by Crippen LogP contribution is -2.41. The second-order valence-electron chi connectivity index (χ2n) is 4.75. The average molecular weight is 331 g/mol. The molecule has 0 bridgehead atoms. The summed E-state index contributed by atoms with van der Waals surface area (Å²) in [6, 6.07) is 6.51. The van der Waals surface area contributed by atoms with Crippen LogP contribution < -0.4 is 11.1 Å². The summed E-state index contributed by atoms with van der Waals surface area (Å²) in [7, 11) is 0. The number of benzene rings is 1. The van der Waals surface area contributed by atoms with Crippen LogP contribution in [0, 0.1) is 6.92 Å². The van der Waals surface area contributed by atoms with Gasteiger partial charge in [0.15, 0.2) is 0 Å². The van der Waals surface area contributed by atoms with Gasteiger partial charge in [0.05, 0.1) is 25.0 Å². The minimum absolute atomic E-state index is 0. The lowest BCUT2D eigenvalue weighted by atomic mass is 10.2. The Bertz CT molecular complexity index is 628. The third kappa shape index (κ3) is 4.51. The van der Waals surface area contributed by atoms with Crippen molar-refractivity contribution in [2.45, 2.75) is 12.8 Å². The third-order valence-electron chi connectivity index (χ3n) is 2.91. The van der Waals surface area contributed by atoms with Crippen LogP contribution in [0.15, 0.2) is 36.7 Å². The van der Waals surface area contributed by atoms with Crippen LogP contribution in [0.3, 0.4) is 0 Å². The summed E-state index contributed by atoms with van der Waals surface area (Å²) in [6.07, 6.45) is 3.56. The van der Waals surface area contributed by atoms with E-state index in [1.807, 2.05) is 13.1 Å². The maximum Gasteiger partial charge on any atom is 0.277 e. The molecule has 3 N–H and O–H groups in total. The highest BCUT2D eigenvalue weighted by Gasteiger charge is 2.27. The monoisotopic (exact) mass is 330 g/mol. The summed E-state index contributed by atoms with van der Waals surface area (Å²) in [5, 5.41) is 6.31. The number of nitrogens with two attached hydrogens (primary N) is 1. The first-order chi connectivity index (χ1) is 9.91. The molecule has 8 heteroatoms. The number of rotatable bonds is 5. The van der Waals surface area contributed by atoms with E-state index < -0.39 is 24.9 Å². The van der Waals surface area contributed by atoms with Crippen LogP contribution in [0.4, 0.5) is 8.78 Å². The van der Waals surface area contributed by atoms with Gasteiger partial charge in [-0.25, -0.2) is 13.5 Å². The van der Waals surface area contributed by atoms with Gasteiger partial charge < -0.3 is 11.1 Å². The Labute approximate surface area is 132 Å². The van der Waals surface area contributed by atoms with Crippen LogP contribution in [0.5, 0.6) is 0 Å². The topological polar surface area (TPSA) is 72.9 Å². The van der Waals surface area contributed by atoms with E-state index in [1.165, 1.54) is 0 Å². The van der Waals surface area contributed by atoms with Crippen molar-refractivity contribution in [3.63, 3.8) is 0 Å². The first kappa shape index (κ1) is 18.1. The molecule has 0 saturated carbocycles. The van der Waals surface area contributed by atoms with E-state index in [1.54, 1.807) is 35.1 Å². The highest BCUT2D eigenvalue weighted by atomic mass is 35.5. The summed E-state index contributed by atoms with van der Waals surface area (Å²) in [4.78, 5) is 11.8. The summed E-state index contributed by atoms with van der Waals surface area (Å²) >= 11 is 0. The van der Waals surface area contributed by atoms with Gasteiger partial charge in [-0.1, -0.05) is 0 Å². The number of aryl methyl sites for hydroxylation is 1. The van der Waals surface area contributed by atoms with Crippen LogP contribution in [0.1, 0.15) is 15.9 Å². The number of nitrogens with zero attached hydrogens (tertiary/aromatic N) is 2. The number of nitrogens with one attached hydrogen (secondary N) is 1. The second-order valence-corrected chi connectivity index (χ2v) is 4.75. The van der Waals surface area contributed by atoms with E-state index in [2.05, 4.69) is 10.4 Å². The van der Waals surface area contributed by atoms with Crippen LogP contribution in [0.2, 0.25) is 0 Å². The maximum atomic E-state index is 13.0. The van der Waals surface area contributed by atoms with Crippen molar-refractivity contribution in [3.8, 4) is 5.69 Å². The normalized spacial score (nSPS) is 10.9. The molecule has 1 amide bonds. The van der Waals surface area contributed by atoms with Crippen molar-refractivity contribution < 1.29 is 13.6 Å². The van der Waals surface area contributed by atoms with Crippen molar-refractivity contribution in [2.24, 2.45) is 5.73 Å². The number of hydrogen-bond acceptors (Lipinski definition) is 3. The Morgan fingerprint density at radius 1 is 1.36 bits per heavy atom. The zero-order valence-electron chi connectivity index (χ0n) is 11.9. The molecule has 2 rings (SSSR count). The largest absolute Gasteiger partial charge is 0.346 e. The molecule has 0 atom stereocenters. The number of carbonyl (C=O) groups is 1. The van der Waals surface area contributed by atoms with Gasteiger partial charge in [0.1, 0.15) is 0 Å². The predicted octanol–water partition coefficient (Wildman–Crippen LogP) is 1.93. The molecular weight excluding hydrogens is 314 g/mol. The quantitative estimate of drug-likeness (QED) is 0.879. The minimum Gasteiger partial charge on any atom is -0.346 e. The van der Waals surface area contributed by atoms with Crippen LogP contribution in [-0.2, 0) is 0 Å². The van der Waals surface area contributed by atoms with Gasteiger partial charge in [0, 0.05) is 11.8 Å². The molecule has 0 spiro atoms. The van der Waals surface area contributed by atoms with Crippen molar-refractivity contribution >= 4 is 18.3 Å². The molecule has 0 saturated heterocycles. The zero-order chi connectivity index (χ0) is 15.5. The standard InChI is InChI=1S/C14H16F2N4O.ClH/c1-10-6-19-20(7-10)12-4-2-11(3-5-12)13(21)18-9-14(15,16)8-17;/h2-7H,8-9,17H2,1H3,(H,18,21);1H. The van der Waals surface area contributed by atoms with Gasteiger partial charge in [-0.3, -0.25) is 4.79 Å². The van der Waals surface area contributed by atoms with Gasteiger partial charge >= 0.3 is 0 Å². The molecule has 0 aliphatic heterocycles. The van der Waals surface area contributed by atoms with Gasteiger partial charge in [0.2, 0.25) is 0 Å². The minimum atomic E-state index is -3.10. The van der Waals surface area contributed by atoms with Gasteiger partial charge in [-0.15, -0.1) is 12.4 Å². The molecule has 1 heterocycles. The lowest BCUT2D eigenvalue weighted by molar-refractivity contribution is 0.0118. The molecule has 0 radical (unpaired) electrons. The highest BCUT2D eigenvalue weighted by molar-refractivity contribution is 5.94. The first-order valence-corrected chi connectivity index (χ1v) is 6.39. The molecule has 22 heavy (non-hydrogen) atoms. The number of aromatic nitrogens is 2. The Morgan fingerprint density at radius 2 is 2.00 bits per heavy atom. The molecule has 0 fully saturated rings. The molecule has 0 aliphatic rings. The van der Waals surface area contributed by atoms with Gasteiger partial charge in [-0.2, -0.15) is 5.10 Å². The molecule has 1 aromatic carbocycles. The molecule has 2 aromatic rings. The zero-order valence-corrected chi connectivity index (χ0v) is 12.7. The third-order valence-corrected chi connectivity index (χ3v) is 2.91. The Morgan fingerprint density at radius 3 is 2.50 bits per heavy atom. The summed E-state index contributed by atoms with van der Waals surface area (Å²) < 4.78 is 27.6. The van der Waals surface area contributed by atoms with E-state index in [0.717, 1.165) is 11.3 Å². The summed E-state index contributed by atoms with van der Waals surface area (Å²) in [5.74, 6) is -3.66. The fourth-order valence-electron chi connectivity index (χ4n) is 1.70. The molecule has 0 unspecified atom stereocenters. The van der Waals surface area contributed by atoms with Crippen molar-refractivity contribution in [1.82, 2.24) is 15.1 Å². The molecule has 5 nitrogen and oxygen atoms in total.